The number of hydrogen-bond donors (Lipinski definition) is 2. The van der Waals surface area contributed by atoms with Crippen molar-refractivity contribution in [3.63, 3.8) is 0 Å². The van der Waals surface area contributed by atoms with Gasteiger partial charge in [0.05, 0.1) is 11.6 Å². The van der Waals surface area contributed by atoms with E-state index in [2.05, 4.69) is 10.3 Å². The highest BCUT2D eigenvalue weighted by atomic mass is 35.5. The molecule has 1 saturated carbocycles. The predicted octanol–water partition coefficient (Wildman–Crippen LogP) is 4.62. The SMILES string of the molecule is CN(C)N(C(=O)C1CCCCC1)c1c(CO)ccc2cc(C(=O)Nc3ccc(Cl)cn3)oc12. The summed E-state index contributed by atoms with van der Waals surface area (Å²) in [4.78, 5) is 30.4. The summed E-state index contributed by atoms with van der Waals surface area (Å²) in [6.07, 6.45) is 6.31. The second-order valence-electron chi connectivity index (χ2n) is 8.41. The molecule has 174 valence electrons. The zero-order valence-electron chi connectivity index (χ0n) is 18.7. The lowest BCUT2D eigenvalue weighted by Gasteiger charge is -2.34. The maximum Gasteiger partial charge on any atom is 0.292 e. The van der Waals surface area contributed by atoms with Gasteiger partial charge in [-0.1, -0.05) is 43.0 Å². The van der Waals surface area contributed by atoms with E-state index in [0.29, 0.717) is 33.1 Å². The molecule has 8 nitrogen and oxygen atoms in total. The quantitative estimate of drug-likeness (QED) is 0.510. The van der Waals surface area contributed by atoms with Crippen LogP contribution in [0.15, 0.2) is 40.9 Å². The van der Waals surface area contributed by atoms with E-state index in [4.69, 9.17) is 16.0 Å². The third-order valence-corrected chi connectivity index (χ3v) is 6.11. The highest BCUT2D eigenvalue weighted by Gasteiger charge is 2.32. The van der Waals surface area contributed by atoms with Crippen molar-refractivity contribution in [1.29, 1.82) is 0 Å². The normalized spacial score (nSPS) is 14.6. The Morgan fingerprint density at radius 3 is 2.58 bits per heavy atom. The first kappa shape index (κ1) is 23.2. The van der Waals surface area contributed by atoms with Crippen LogP contribution < -0.4 is 10.3 Å². The fourth-order valence-electron chi connectivity index (χ4n) is 4.26. The second-order valence-corrected chi connectivity index (χ2v) is 8.84. The average Bonchev–Trinajstić information content (AvgIpc) is 3.26. The standard InChI is InChI=1S/C24H27ClN4O4/c1-28(2)29(24(32)15-6-4-3-5-7-15)21-17(14-30)9-8-16-12-19(33-22(16)21)23(31)27-20-11-10-18(25)13-26-20/h8-13,15,30H,3-7,14H2,1-2H3,(H,26,27,31). The number of pyridine rings is 1. The zero-order chi connectivity index (χ0) is 23.5. The molecule has 0 unspecified atom stereocenters. The fourth-order valence-corrected chi connectivity index (χ4v) is 4.37. The van der Waals surface area contributed by atoms with Crippen LogP contribution in [0.2, 0.25) is 5.02 Å². The van der Waals surface area contributed by atoms with Crippen LogP contribution in [0.1, 0.15) is 48.2 Å². The summed E-state index contributed by atoms with van der Waals surface area (Å²) in [6.45, 7) is -0.273. The maximum absolute atomic E-state index is 13.5. The van der Waals surface area contributed by atoms with E-state index >= 15 is 0 Å². The van der Waals surface area contributed by atoms with Crippen molar-refractivity contribution in [3.05, 3.63) is 52.9 Å². The summed E-state index contributed by atoms with van der Waals surface area (Å²) in [7, 11) is 3.56. The molecule has 1 aliphatic carbocycles. The van der Waals surface area contributed by atoms with Gasteiger partial charge in [0.1, 0.15) is 11.5 Å². The smallest absolute Gasteiger partial charge is 0.292 e. The van der Waals surface area contributed by atoms with Gasteiger partial charge in [-0.05, 0) is 31.0 Å². The molecule has 0 spiro atoms. The Kier molecular flexibility index (Phi) is 6.97. The molecular formula is C24H27ClN4O4. The number of carbonyl (C=O) groups excluding carboxylic acids is 2. The molecular weight excluding hydrogens is 444 g/mol. The van der Waals surface area contributed by atoms with Gasteiger partial charge in [0, 0.05) is 37.2 Å². The number of hydrazine groups is 1. The molecule has 3 aromatic rings. The van der Waals surface area contributed by atoms with Crippen LogP contribution in [-0.4, -0.2) is 41.0 Å². The van der Waals surface area contributed by atoms with Crippen LogP contribution in [0, 0.1) is 5.92 Å². The van der Waals surface area contributed by atoms with Crippen molar-refractivity contribution in [2.24, 2.45) is 5.92 Å². The molecule has 9 heteroatoms. The van der Waals surface area contributed by atoms with E-state index in [0.717, 1.165) is 32.1 Å². The van der Waals surface area contributed by atoms with Gasteiger partial charge in [-0.25, -0.2) is 15.0 Å². The number of aromatic nitrogens is 1. The third kappa shape index (κ3) is 4.88. The van der Waals surface area contributed by atoms with Crippen LogP contribution in [-0.2, 0) is 11.4 Å². The lowest BCUT2D eigenvalue weighted by molar-refractivity contribution is -0.125. The number of hydrogen-bond acceptors (Lipinski definition) is 6. The van der Waals surface area contributed by atoms with Crippen molar-refractivity contribution in [2.75, 3.05) is 24.4 Å². The summed E-state index contributed by atoms with van der Waals surface area (Å²) in [5.74, 6) is -0.190. The van der Waals surface area contributed by atoms with Gasteiger partial charge in [0.15, 0.2) is 11.3 Å². The zero-order valence-corrected chi connectivity index (χ0v) is 19.4. The van der Waals surface area contributed by atoms with Gasteiger partial charge < -0.3 is 14.8 Å². The van der Waals surface area contributed by atoms with E-state index in [1.807, 2.05) is 0 Å². The van der Waals surface area contributed by atoms with Gasteiger partial charge in [0.25, 0.3) is 5.91 Å². The molecule has 0 atom stereocenters. The van der Waals surface area contributed by atoms with E-state index < -0.39 is 5.91 Å². The molecule has 0 radical (unpaired) electrons. The first-order chi connectivity index (χ1) is 15.9. The summed E-state index contributed by atoms with van der Waals surface area (Å²) in [5.41, 5.74) is 1.37. The third-order valence-electron chi connectivity index (χ3n) is 5.88. The number of nitrogens with one attached hydrogen (secondary N) is 1. The molecule has 0 saturated heterocycles. The Morgan fingerprint density at radius 1 is 1.18 bits per heavy atom. The van der Waals surface area contributed by atoms with Crippen molar-refractivity contribution in [2.45, 2.75) is 38.7 Å². The number of carbonyl (C=O) groups is 2. The summed E-state index contributed by atoms with van der Waals surface area (Å²) in [5, 5.41) is 17.1. The van der Waals surface area contributed by atoms with Gasteiger partial charge in [0.2, 0.25) is 5.91 Å². The molecule has 1 fully saturated rings. The molecule has 0 bridgehead atoms. The molecule has 33 heavy (non-hydrogen) atoms. The Balaban J connectivity index is 1.73. The molecule has 1 aliphatic rings. The van der Waals surface area contributed by atoms with E-state index in [-0.39, 0.29) is 24.2 Å². The van der Waals surface area contributed by atoms with Crippen molar-refractivity contribution >= 4 is 45.9 Å². The van der Waals surface area contributed by atoms with Crippen LogP contribution in [0.4, 0.5) is 11.5 Å². The monoisotopic (exact) mass is 470 g/mol. The Labute approximate surface area is 197 Å². The minimum Gasteiger partial charge on any atom is -0.449 e. The highest BCUT2D eigenvalue weighted by molar-refractivity contribution is 6.30. The number of benzene rings is 1. The fraction of sp³-hybridized carbons (Fsp3) is 0.375. The Morgan fingerprint density at radius 2 is 1.94 bits per heavy atom. The van der Waals surface area contributed by atoms with E-state index in [1.54, 1.807) is 54.4 Å². The van der Waals surface area contributed by atoms with E-state index in [1.165, 1.54) is 6.20 Å². The Bertz CT molecular complexity index is 1150. The lowest BCUT2D eigenvalue weighted by Crippen LogP contribution is -2.46. The topological polar surface area (TPSA) is 98.9 Å². The van der Waals surface area contributed by atoms with E-state index in [9.17, 15) is 14.7 Å². The van der Waals surface area contributed by atoms with Gasteiger partial charge in [-0.3, -0.25) is 9.59 Å². The number of halogens is 1. The molecule has 2 amide bonds. The number of amides is 2. The number of rotatable bonds is 6. The first-order valence-corrected chi connectivity index (χ1v) is 11.4. The molecule has 2 N–H and O–H groups in total. The number of aliphatic hydroxyl groups is 1. The van der Waals surface area contributed by atoms with Crippen molar-refractivity contribution in [1.82, 2.24) is 9.99 Å². The van der Waals surface area contributed by atoms with Crippen LogP contribution in [0.5, 0.6) is 0 Å². The number of nitrogens with zero attached hydrogens (tertiary/aromatic N) is 3. The summed E-state index contributed by atoms with van der Waals surface area (Å²) < 4.78 is 5.97. The minimum atomic E-state index is -0.479. The van der Waals surface area contributed by atoms with Gasteiger partial charge in [-0.2, -0.15) is 0 Å². The Hall–Kier alpha value is -2.94. The van der Waals surface area contributed by atoms with Gasteiger partial charge in [-0.15, -0.1) is 0 Å². The second kappa shape index (κ2) is 9.91. The largest absolute Gasteiger partial charge is 0.449 e. The van der Waals surface area contributed by atoms with Gasteiger partial charge >= 0.3 is 0 Å². The summed E-state index contributed by atoms with van der Waals surface area (Å²) in [6, 6.07) is 8.35. The van der Waals surface area contributed by atoms with Crippen LogP contribution >= 0.6 is 11.6 Å². The first-order valence-electron chi connectivity index (χ1n) is 11.0. The number of furan rings is 1. The average molecular weight is 471 g/mol. The lowest BCUT2D eigenvalue weighted by atomic mass is 9.88. The minimum absolute atomic E-state index is 0.0327. The number of fused-ring (bicyclic) bond motifs is 1. The molecule has 0 aliphatic heterocycles. The van der Waals surface area contributed by atoms with Crippen molar-refractivity contribution in [3.8, 4) is 0 Å². The molecule has 2 heterocycles. The molecule has 1 aromatic carbocycles. The molecule has 4 rings (SSSR count). The molecule has 2 aromatic heterocycles. The summed E-state index contributed by atoms with van der Waals surface area (Å²) >= 11 is 5.85. The maximum atomic E-state index is 13.5. The predicted molar refractivity (Wildman–Crippen MR) is 127 cm³/mol. The van der Waals surface area contributed by atoms with Crippen molar-refractivity contribution < 1.29 is 19.1 Å². The number of anilines is 2. The van der Waals surface area contributed by atoms with Crippen LogP contribution in [0.25, 0.3) is 11.0 Å². The number of aliphatic hydroxyl groups excluding tert-OH is 1. The van der Waals surface area contributed by atoms with Crippen LogP contribution in [0.3, 0.4) is 0 Å². The highest BCUT2D eigenvalue weighted by Crippen LogP contribution is 2.36.